The highest BCUT2D eigenvalue weighted by molar-refractivity contribution is 6.01. The van der Waals surface area contributed by atoms with Crippen LogP contribution in [0.2, 0.25) is 0 Å². The summed E-state index contributed by atoms with van der Waals surface area (Å²) in [5, 5.41) is 20.4. The minimum atomic E-state index is -4.59. The van der Waals surface area contributed by atoms with Crippen LogP contribution in [0.5, 0.6) is 11.5 Å². The Hall–Kier alpha value is -4.20. The Morgan fingerprint density at radius 3 is 2.47 bits per heavy atom. The van der Waals surface area contributed by atoms with Crippen molar-refractivity contribution in [2.24, 2.45) is 4.99 Å². The molecule has 8 nitrogen and oxygen atoms in total. The van der Waals surface area contributed by atoms with Crippen molar-refractivity contribution < 1.29 is 22.6 Å². The summed E-state index contributed by atoms with van der Waals surface area (Å²) in [6.07, 6.45) is 2.22. The fourth-order valence-electron chi connectivity index (χ4n) is 2.77. The van der Waals surface area contributed by atoms with Crippen molar-refractivity contribution in [3.05, 3.63) is 60.0 Å². The standard InChI is InChI=1S/C23H23F3N6O2/c1-13-10-30-22(31-11-13)16-8-17(20(34-12-27)18(9-16)33-5)21(28)32-15(3)14(2)6-7-19(29-4)23(24,25)26/h6-11,15H,2H2,1,3-5H3,(H2,28,32)/b7-6-,29-19+. The van der Waals surface area contributed by atoms with Crippen molar-refractivity contribution in [2.75, 3.05) is 14.2 Å². The number of ether oxygens (including phenoxy) is 2. The van der Waals surface area contributed by atoms with E-state index in [1.807, 2.05) is 6.92 Å². The summed E-state index contributed by atoms with van der Waals surface area (Å²) in [6, 6.07) is 2.48. The minimum absolute atomic E-state index is 0.0100. The van der Waals surface area contributed by atoms with Gasteiger partial charge >= 0.3 is 6.18 Å². The molecule has 1 unspecified atom stereocenters. The van der Waals surface area contributed by atoms with Crippen LogP contribution < -0.4 is 14.8 Å². The lowest BCUT2D eigenvalue weighted by atomic mass is 10.0. The maximum atomic E-state index is 12.9. The minimum Gasteiger partial charge on any atom is -0.493 e. The SMILES string of the molecule is C=C(/C=C\C(=N/C)C(F)(F)F)C(C)NC(=N)c1cc(-c2ncc(C)cn2)cc(OC)c1OC#N. The van der Waals surface area contributed by atoms with Gasteiger partial charge in [-0.15, -0.1) is 5.26 Å². The number of alkyl halides is 3. The summed E-state index contributed by atoms with van der Waals surface area (Å²) in [5.74, 6) is 0.342. The van der Waals surface area contributed by atoms with Crippen LogP contribution in [0.4, 0.5) is 13.2 Å². The van der Waals surface area contributed by atoms with Crippen LogP contribution in [0, 0.1) is 23.9 Å². The molecule has 34 heavy (non-hydrogen) atoms. The first-order chi connectivity index (χ1) is 16.0. The lowest BCUT2D eigenvalue weighted by molar-refractivity contribution is -0.0577. The van der Waals surface area contributed by atoms with Gasteiger partial charge in [0.05, 0.1) is 12.7 Å². The molecule has 1 heterocycles. The van der Waals surface area contributed by atoms with E-state index in [1.54, 1.807) is 37.7 Å². The topological polar surface area (TPSA) is 116 Å². The first-order valence-corrected chi connectivity index (χ1v) is 9.85. The average Bonchev–Trinajstić information content (AvgIpc) is 2.79. The van der Waals surface area contributed by atoms with Crippen LogP contribution in [0.25, 0.3) is 11.4 Å². The Morgan fingerprint density at radius 1 is 1.29 bits per heavy atom. The Bertz CT molecular complexity index is 1160. The first kappa shape index (κ1) is 26.1. The third-order valence-electron chi connectivity index (χ3n) is 4.63. The molecular formula is C23H23F3N6O2. The van der Waals surface area contributed by atoms with Crippen molar-refractivity contribution in [3.63, 3.8) is 0 Å². The molecule has 0 aliphatic rings. The molecular weight excluding hydrogens is 449 g/mol. The number of hydrogen-bond donors (Lipinski definition) is 2. The highest BCUT2D eigenvalue weighted by Crippen LogP contribution is 2.36. The molecule has 1 aromatic carbocycles. The van der Waals surface area contributed by atoms with E-state index in [4.69, 9.17) is 20.1 Å². The largest absolute Gasteiger partial charge is 0.493 e. The quantitative estimate of drug-likeness (QED) is 0.255. The molecule has 1 atom stereocenters. The van der Waals surface area contributed by atoms with Gasteiger partial charge < -0.3 is 14.8 Å². The molecule has 0 aliphatic carbocycles. The number of aryl methyl sites for hydroxylation is 1. The summed E-state index contributed by atoms with van der Waals surface area (Å²) in [5.41, 5.74) is 0.731. The molecule has 0 saturated carbocycles. The fraction of sp³-hybridized carbons (Fsp3) is 0.261. The van der Waals surface area contributed by atoms with Crippen molar-refractivity contribution >= 4 is 11.5 Å². The second kappa shape index (κ2) is 11.1. The van der Waals surface area contributed by atoms with Gasteiger partial charge in [0.1, 0.15) is 11.5 Å². The summed E-state index contributed by atoms with van der Waals surface area (Å²) in [4.78, 5) is 11.8. The first-order valence-electron chi connectivity index (χ1n) is 9.85. The van der Waals surface area contributed by atoms with Crippen molar-refractivity contribution in [1.82, 2.24) is 15.3 Å². The molecule has 0 radical (unpaired) electrons. The highest BCUT2D eigenvalue weighted by atomic mass is 19.4. The second-order valence-corrected chi connectivity index (χ2v) is 7.09. The number of nitriles is 1. The summed E-state index contributed by atoms with van der Waals surface area (Å²) >= 11 is 0. The van der Waals surface area contributed by atoms with E-state index >= 15 is 0 Å². The van der Waals surface area contributed by atoms with E-state index in [0.717, 1.165) is 18.7 Å². The van der Waals surface area contributed by atoms with Gasteiger partial charge in [-0.05, 0) is 43.2 Å². The van der Waals surface area contributed by atoms with Crippen LogP contribution in [0.15, 0.2) is 53.8 Å². The lowest BCUT2D eigenvalue weighted by Gasteiger charge is -2.19. The van der Waals surface area contributed by atoms with Crippen molar-refractivity contribution in [3.8, 4) is 29.1 Å². The van der Waals surface area contributed by atoms with Crippen LogP contribution in [0.3, 0.4) is 0 Å². The number of halogens is 3. The van der Waals surface area contributed by atoms with Gasteiger partial charge in [-0.1, -0.05) is 12.7 Å². The molecule has 0 fully saturated rings. The van der Waals surface area contributed by atoms with Gasteiger partial charge in [-0.3, -0.25) is 10.4 Å². The van der Waals surface area contributed by atoms with E-state index in [9.17, 15) is 13.2 Å². The molecule has 2 N–H and O–H groups in total. The van der Waals surface area contributed by atoms with E-state index in [1.165, 1.54) is 13.2 Å². The van der Waals surface area contributed by atoms with Gasteiger partial charge in [0.25, 0.3) is 6.26 Å². The normalized spacial score (nSPS) is 12.7. The fourth-order valence-corrected chi connectivity index (χ4v) is 2.77. The molecule has 2 rings (SSSR count). The molecule has 1 aromatic heterocycles. The maximum Gasteiger partial charge on any atom is 0.432 e. The Balaban J connectivity index is 2.38. The number of nitrogens with zero attached hydrogens (tertiary/aromatic N) is 4. The van der Waals surface area contributed by atoms with Crippen molar-refractivity contribution in [1.29, 1.82) is 10.7 Å². The van der Waals surface area contributed by atoms with Gasteiger partial charge in [0.15, 0.2) is 17.3 Å². The Labute approximate surface area is 195 Å². The molecule has 2 aromatic rings. The zero-order valence-corrected chi connectivity index (χ0v) is 19.0. The van der Waals surface area contributed by atoms with Crippen LogP contribution in [-0.4, -0.2) is 47.9 Å². The number of allylic oxidation sites excluding steroid dienone is 1. The van der Waals surface area contributed by atoms with Gasteiger partial charge in [0.2, 0.25) is 0 Å². The number of methoxy groups -OCH3 is 1. The monoisotopic (exact) mass is 472 g/mol. The number of aliphatic imine (C=N–C) groups is 1. The molecule has 0 amide bonds. The molecule has 0 bridgehead atoms. The van der Waals surface area contributed by atoms with Crippen LogP contribution in [0.1, 0.15) is 18.1 Å². The third kappa shape index (κ3) is 6.41. The predicted molar refractivity (Wildman–Crippen MR) is 122 cm³/mol. The number of rotatable bonds is 8. The lowest BCUT2D eigenvalue weighted by Crippen LogP contribution is -2.33. The summed E-state index contributed by atoms with van der Waals surface area (Å²) in [7, 11) is 2.42. The van der Waals surface area contributed by atoms with Gasteiger partial charge in [-0.25, -0.2) is 9.97 Å². The molecule has 0 spiro atoms. The molecule has 178 valence electrons. The third-order valence-corrected chi connectivity index (χ3v) is 4.63. The van der Waals surface area contributed by atoms with E-state index in [-0.39, 0.29) is 28.5 Å². The smallest absolute Gasteiger partial charge is 0.432 e. The highest BCUT2D eigenvalue weighted by Gasteiger charge is 2.33. The van der Waals surface area contributed by atoms with E-state index in [0.29, 0.717) is 11.4 Å². The molecule has 11 heteroatoms. The molecule has 0 saturated heterocycles. The predicted octanol–water partition coefficient (Wildman–Crippen LogP) is 4.37. The zero-order valence-electron chi connectivity index (χ0n) is 19.0. The maximum absolute atomic E-state index is 12.9. The number of benzene rings is 1. The van der Waals surface area contributed by atoms with Crippen LogP contribution >= 0.6 is 0 Å². The number of hydrogen-bond acceptors (Lipinski definition) is 7. The number of aromatic nitrogens is 2. The number of amidine groups is 1. The average molecular weight is 472 g/mol. The summed E-state index contributed by atoms with van der Waals surface area (Å²) < 4.78 is 49.0. The number of nitrogens with one attached hydrogen (secondary N) is 2. The van der Waals surface area contributed by atoms with E-state index < -0.39 is 17.9 Å². The Kier molecular flexibility index (Phi) is 8.50. The van der Waals surface area contributed by atoms with Crippen molar-refractivity contribution in [2.45, 2.75) is 26.1 Å². The zero-order chi connectivity index (χ0) is 25.5. The molecule has 0 aliphatic heterocycles. The Morgan fingerprint density at radius 2 is 1.94 bits per heavy atom. The van der Waals surface area contributed by atoms with Crippen LogP contribution in [-0.2, 0) is 0 Å². The summed E-state index contributed by atoms with van der Waals surface area (Å²) in [6.45, 7) is 7.22. The second-order valence-electron chi connectivity index (χ2n) is 7.09. The van der Waals surface area contributed by atoms with E-state index in [2.05, 4.69) is 26.9 Å². The van der Waals surface area contributed by atoms with Gasteiger partial charge in [-0.2, -0.15) is 13.2 Å². The van der Waals surface area contributed by atoms with Gasteiger partial charge in [0, 0.05) is 31.0 Å².